The summed E-state index contributed by atoms with van der Waals surface area (Å²) >= 11 is 0. The Kier molecular flexibility index (Phi) is 4.94. The molecule has 0 radical (unpaired) electrons. The summed E-state index contributed by atoms with van der Waals surface area (Å²) in [6.07, 6.45) is 3.22. The van der Waals surface area contributed by atoms with E-state index in [9.17, 15) is 9.59 Å². The first-order valence-corrected chi connectivity index (χ1v) is 9.56. The molecule has 140 valence electrons. The minimum Gasteiger partial charge on any atom is -0.368 e. The van der Waals surface area contributed by atoms with Crippen molar-refractivity contribution in [1.29, 1.82) is 0 Å². The first-order valence-electron chi connectivity index (χ1n) is 9.56. The van der Waals surface area contributed by atoms with Gasteiger partial charge in [0.1, 0.15) is 6.10 Å². The monoisotopic (exact) mass is 364 g/mol. The van der Waals surface area contributed by atoms with Gasteiger partial charge in [-0.1, -0.05) is 23.8 Å². The quantitative estimate of drug-likeness (QED) is 0.903. The number of anilines is 2. The molecule has 1 saturated heterocycles. The van der Waals surface area contributed by atoms with Crippen LogP contribution in [0.2, 0.25) is 0 Å². The summed E-state index contributed by atoms with van der Waals surface area (Å²) in [5, 5.41) is 2.87. The lowest BCUT2D eigenvalue weighted by molar-refractivity contribution is -0.124. The zero-order valence-electron chi connectivity index (χ0n) is 15.5. The number of benzene rings is 2. The van der Waals surface area contributed by atoms with Gasteiger partial charge in [-0.25, -0.2) is 0 Å². The lowest BCUT2D eigenvalue weighted by atomic mass is 9.98. The van der Waals surface area contributed by atoms with E-state index in [1.54, 1.807) is 24.3 Å². The maximum Gasteiger partial charge on any atom is 0.258 e. The van der Waals surface area contributed by atoms with Crippen molar-refractivity contribution in [1.82, 2.24) is 0 Å². The van der Waals surface area contributed by atoms with Crippen molar-refractivity contribution in [3.05, 3.63) is 59.2 Å². The van der Waals surface area contributed by atoms with Crippen LogP contribution >= 0.6 is 0 Å². The fourth-order valence-corrected chi connectivity index (χ4v) is 3.83. The van der Waals surface area contributed by atoms with Gasteiger partial charge < -0.3 is 15.0 Å². The van der Waals surface area contributed by atoms with E-state index >= 15 is 0 Å². The zero-order valence-corrected chi connectivity index (χ0v) is 15.5. The number of nitrogens with zero attached hydrogens (tertiary/aromatic N) is 1. The molecule has 2 aromatic rings. The normalized spacial score (nSPS) is 18.9. The second-order valence-corrected chi connectivity index (χ2v) is 7.26. The maximum atomic E-state index is 13.1. The summed E-state index contributed by atoms with van der Waals surface area (Å²) in [7, 11) is 0. The Labute approximate surface area is 159 Å². The van der Waals surface area contributed by atoms with Gasteiger partial charge in [-0.3, -0.25) is 9.59 Å². The van der Waals surface area contributed by atoms with E-state index in [-0.39, 0.29) is 17.9 Å². The first kappa shape index (κ1) is 17.7. The molecule has 1 atom stereocenters. The Bertz CT molecular complexity index is 872. The average Bonchev–Trinajstić information content (AvgIpc) is 3.22. The summed E-state index contributed by atoms with van der Waals surface area (Å²) in [6, 6.07) is 13.4. The van der Waals surface area contributed by atoms with E-state index in [1.165, 1.54) is 11.1 Å². The fraction of sp³-hybridized carbons (Fsp3) is 0.364. The maximum absolute atomic E-state index is 13.1. The first-order chi connectivity index (χ1) is 13.1. The van der Waals surface area contributed by atoms with Crippen LogP contribution in [-0.2, 0) is 16.0 Å². The lowest BCUT2D eigenvalue weighted by Crippen LogP contribution is -2.35. The van der Waals surface area contributed by atoms with Gasteiger partial charge in [0.15, 0.2) is 0 Å². The minimum absolute atomic E-state index is 0.0342. The highest BCUT2D eigenvalue weighted by atomic mass is 16.5. The fourth-order valence-electron chi connectivity index (χ4n) is 3.83. The molecule has 5 nitrogen and oxygen atoms in total. The van der Waals surface area contributed by atoms with Gasteiger partial charge in [0.05, 0.1) is 0 Å². The van der Waals surface area contributed by atoms with E-state index in [2.05, 4.69) is 18.3 Å². The van der Waals surface area contributed by atoms with Crippen LogP contribution in [0, 0.1) is 6.92 Å². The third kappa shape index (κ3) is 3.74. The Balaban J connectivity index is 1.54. The lowest BCUT2D eigenvalue weighted by Gasteiger charge is -2.30. The molecule has 2 aromatic carbocycles. The summed E-state index contributed by atoms with van der Waals surface area (Å²) < 4.78 is 5.42. The smallest absolute Gasteiger partial charge is 0.258 e. The number of aryl methyl sites for hydroxylation is 2. The van der Waals surface area contributed by atoms with E-state index < -0.39 is 0 Å². The van der Waals surface area contributed by atoms with Crippen molar-refractivity contribution in [2.45, 2.75) is 38.7 Å². The van der Waals surface area contributed by atoms with Gasteiger partial charge in [0.2, 0.25) is 0 Å². The summed E-state index contributed by atoms with van der Waals surface area (Å²) in [4.78, 5) is 27.2. The second kappa shape index (κ2) is 7.53. The van der Waals surface area contributed by atoms with Gasteiger partial charge in [-0.2, -0.15) is 0 Å². The number of carbonyl (C=O) groups is 2. The molecule has 2 aliphatic heterocycles. The molecule has 0 bridgehead atoms. The molecule has 0 spiro atoms. The van der Waals surface area contributed by atoms with Crippen molar-refractivity contribution >= 4 is 23.2 Å². The van der Waals surface area contributed by atoms with E-state index in [0.717, 1.165) is 31.4 Å². The number of fused-ring (bicyclic) bond motifs is 1. The zero-order chi connectivity index (χ0) is 18.8. The van der Waals surface area contributed by atoms with Crippen molar-refractivity contribution < 1.29 is 14.3 Å². The van der Waals surface area contributed by atoms with Gasteiger partial charge in [-0.05, 0) is 62.4 Å². The van der Waals surface area contributed by atoms with Crippen molar-refractivity contribution in [3.63, 3.8) is 0 Å². The molecule has 0 aliphatic carbocycles. The second-order valence-electron chi connectivity index (χ2n) is 7.26. The highest BCUT2D eigenvalue weighted by Gasteiger charge is 2.25. The topological polar surface area (TPSA) is 58.6 Å². The molecule has 2 aliphatic rings. The SMILES string of the molecule is Cc1ccc2c(c1)CCCN2C(=O)c1cccc(NC(=O)C2CCCO2)c1. The number of ether oxygens (including phenoxy) is 1. The molecule has 2 amide bonds. The predicted molar refractivity (Wildman–Crippen MR) is 105 cm³/mol. The van der Waals surface area contributed by atoms with Crippen molar-refractivity contribution in [2.75, 3.05) is 23.4 Å². The van der Waals surface area contributed by atoms with Crippen LogP contribution in [0.15, 0.2) is 42.5 Å². The molecule has 27 heavy (non-hydrogen) atoms. The highest BCUT2D eigenvalue weighted by molar-refractivity contribution is 6.07. The largest absolute Gasteiger partial charge is 0.368 e. The number of amides is 2. The van der Waals surface area contributed by atoms with E-state index in [1.807, 2.05) is 17.0 Å². The Morgan fingerprint density at radius 2 is 2.04 bits per heavy atom. The number of nitrogens with one attached hydrogen (secondary N) is 1. The third-order valence-electron chi connectivity index (χ3n) is 5.20. The van der Waals surface area contributed by atoms with Crippen molar-refractivity contribution in [3.8, 4) is 0 Å². The Morgan fingerprint density at radius 1 is 1.15 bits per heavy atom. The molecule has 1 unspecified atom stereocenters. The average molecular weight is 364 g/mol. The van der Waals surface area contributed by atoms with Crippen molar-refractivity contribution in [2.24, 2.45) is 0 Å². The molecule has 1 N–H and O–H groups in total. The van der Waals surface area contributed by atoms with E-state index in [4.69, 9.17) is 4.74 Å². The Morgan fingerprint density at radius 3 is 2.85 bits per heavy atom. The van der Waals surface area contributed by atoms with Crippen LogP contribution in [0.1, 0.15) is 40.7 Å². The number of hydrogen-bond acceptors (Lipinski definition) is 3. The van der Waals surface area contributed by atoms with Crippen LogP contribution in [0.3, 0.4) is 0 Å². The molecule has 4 rings (SSSR count). The molecular formula is C22H24N2O3. The van der Waals surface area contributed by atoms with E-state index in [0.29, 0.717) is 24.4 Å². The highest BCUT2D eigenvalue weighted by Crippen LogP contribution is 2.29. The minimum atomic E-state index is -0.387. The molecule has 5 heteroatoms. The third-order valence-corrected chi connectivity index (χ3v) is 5.20. The predicted octanol–water partition coefficient (Wildman–Crippen LogP) is 3.71. The van der Waals surface area contributed by atoms with Gasteiger partial charge in [0, 0.05) is 30.1 Å². The number of carbonyl (C=O) groups excluding carboxylic acids is 2. The summed E-state index contributed by atoms with van der Waals surface area (Å²) in [5.41, 5.74) is 4.63. The molecule has 2 heterocycles. The molecule has 0 saturated carbocycles. The summed E-state index contributed by atoms with van der Waals surface area (Å²) in [5.74, 6) is -0.177. The van der Waals surface area contributed by atoms with Gasteiger partial charge in [-0.15, -0.1) is 0 Å². The molecular weight excluding hydrogens is 340 g/mol. The van der Waals surface area contributed by atoms with Crippen LogP contribution in [0.25, 0.3) is 0 Å². The van der Waals surface area contributed by atoms with Gasteiger partial charge >= 0.3 is 0 Å². The Hall–Kier alpha value is -2.66. The molecule has 1 fully saturated rings. The van der Waals surface area contributed by atoms with Crippen LogP contribution in [0.5, 0.6) is 0 Å². The molecule has 0 aromatic heterocycles. The van der Waals surface area contributed by atoms with Crippen LogP contribution in [0.4, 0.5) is 11.4 Å². The van der Waals surface area contributed by atoms with Crippen LogP contribution < -0.4 is 10.2 Å². The number of hydrogen-bond donors (Lipinski definition) is 1. The van der Waals surface area contributed by atoms with Crippen LogP contribution in [-0.4, -0.2) is 31.1 Å². The number of rotatable bonds is 3. The summed E-state index contributed by atoms with van der Waals surface area (Å²) in [6.45, 7) is 3.41. The standard InChI is InChI=1S/C22H24N2O3/c1-15-9-10-19-16(13-15)6-3-11-24(19)22(26)17-5-2-7-18(14-17)23-21(25)20-8-4-12-27-20/h2,5,7,9-10,13-14,20H,3-4,6,8,11-12H2,1H3,(H,23,25). The van der Waals surface area contributed by atoms with Gasteiger partial charge in [0.25, 0.3) is 11.8 Å².